The molecule has 0 saturated heterocycles. The molecule has 1 unspecified atom stereocenters. The molecule has 2 aromatic rings. The van der Waals surface area contributed by atoms with E-state index >= 15 is 0 Å². The Morgan fingerprint density at radius 2 is 1.89 bits per heavy atom. The van der Waals surface area contributed by atoms with E-state index in [4.69, 9.17) is 4.74 Å². The SMILES string of the molecule is Brc1ccccc1COCC1CSc2ccccc21. The van der Waals surface area contributed by atoms with Crippen molar-refractivity contribution < 1.29 is 4.74 Å². The number of rotatable bonds is 4. The predicted octanol–water partition coefficient (Wildman–Crippen LogP) is 4.86. The van der Waals surface area contributed by atoms with Crippen molar-refractivity contribution in [2.45, 2.75) is 17.4 Å². The zero-order valence-electron chi connectivity index (χ0n) is 10.5. The van der Waals surface area contributed by atoms with Crippen molar-refractivity contribution in [3.05, 3.63) is 64.1 Å². The Bertz CT molecular complexity index is 570. The average Bonchev–Trinajstić information content (AvgIpc) is 2.85. The van der Waals surface area contributed by atoms with E-state index in [0.29, 0.717) is 12.5 Å². The second kappa shape index (κ2) is 6.12. The number of thioether (sulfide) groups is 1. The highest BCUT2D eigenvalue weighted by Crippen LogP contribution is 2.39. The van der Waals surface area contributed by atoms with Gasteiger partial charge in [0.15, 0.2) is 0 Å². The van der Waals surface area contributed by atoms with Crippen LogP contribution in [0.1, 0.15) is 17.0 Å². The summed E-state index contributed by atoms with van der Waals surface area (Å²) in [6, 6.07) is 16.9. The Labute approximate surface area is 126 Å². The van der Waals surface area contributed by atoms with Crippen LogP contribution in [0.15, 0.2) is 57.9 Å². The molecule has 1 aliphatic heterocycles. The quantitative estimate of drug-likeness (QED) is 0.789. The van der Waals surface area contributed by atoms with Crippen molar-refractivity contribution in [1.29, 1.82) is 0 Å². The molecule has 0 saturated carbocycles. The van der Waals surface area contributed by atoms with Crippen molar-refractivity contribution >= 4 is 27.7 Å². The molecule has 19 heavy (non-hydrogen) atoms. The molecule has 1 nitrogen and oxygen atoms in total. The lowest BCUT2D eigenvalue weighted by Gasteiger charge is -2.12. The largest absolute Gasteiger partial charge is 0.376 e. The van der Waals surface area contributed by atoms with Crippen molar-refractivity contribution in [1.82, 2.24) is 0 Å². The fourth-order valence-electron chi connectivity index (χ4n) is 2.29. The zero-order chi connectivity index (χ0) is 13.1. The van der Waals surface area contributed by atoms with Gasteiger partial charge >= 0.3 is 0 Å². The fraction of sp³-hybridized carbons (Fsp3) is 0.250. The highest BCUT2D eigenvalue weighted by Gasteiger charge is 2.22. The van der Waals surface area contributed by atoms with Crippen LogP contribution in [0.25, 0.3) is 0 Å². The Balaban J connectivity index is 1.58. The van der Waals surface area contributed by atoms with Crippen LogP contribution >= 0.6 is 27.7 Å². The van der Waals surface area contributed by atoms with Crippen LogP contribution in [0.3, 0.4) is 0 Å². The summed E-state index contributed by atoms with van der Waals surface area (Å²) in [5, 5.41) is 0. The first-order chi connectivity index (χ1) is 9.34. The van der Waals surface area contributed by atoms with Crippen LogP contribution < -0.4 is 0 Å². The zero-order valence-corrected chi connectivity index (χ0v) is 12.9. The van der Waals surface area contributed by atoms with E-state index in [0.717, 1.165) is 16.8 Å². The first kappa shape index (κ1) is 13.2. The Morgan fingerprint density at radius 1 is 1.11 bits per heavy atom. The molecule has 0 N–H and O–H groups in total. The van der Waals surface area contributed by atoms with Crippen LogP contribution in [0, 0.1) is 0 Å². The third-order valence-electron chi connectivity index (χ3n) is 3.33. The summed E-state index contributed by atoms with van der Waals surface area (Å²) in [6.07, 6.45) is 0. The molecule has 0 aromatic heterocycles. The molecule has 0 radical (unpaired) electrons. The van der Waals surface area contributed by atoms with Crippen molar-refractivity contribution in [2.75, 3.05) is 12.4 Å². The van der Waals surface area contributed by atoms with E-state index in [1.165, 1.54) is 16.0 Å². The second-order valence-electron chi connectivity index (χ2n) is 4.65. The van der Waals surface area contributed by atoms with Gasteiger partial charge in [0.1, 0.15) is 0 Å². The second-order valence-corrected chi connectivity index (χ2v) is 6.57. The predicted molar refractivity (Wildman–Crippen MR) is 83.7 cm³/mol. The maximum Gasteiger partial charge on any atom is 0.0728 e. The number of fused-ring (bicyclic) bond motifs is 1. The molecule has 98 valence electrons. The van der Waals surface area contributed by atoms with E-state index in [9.17, 15) is 0 Å². The Morgan fingerprint density at radius 3 is 2.79 bits per heavy atom. The minimum atomic E-state index is 0.531. The summed E-state index contributed by atoms with van der Waals surface area (Å²) in [5.41, 5.74) is 2.65. The van der Waals surface area contributed by atoms with Crippen LogP contribution in [0.4, 0.5) is 0 Å². The van der Waals surface area contributed by atoms with E-state index < -0.39 is 0 Å². The first-order valence-corrected chi connectivity index (χ1v) is 8.15. The highest BCUT2D eigenvalue weighted by molar-refractivity contribution is 9.10. The van der Waals surface area contributed by atoms with Gasteiger partial charge in [0.25, 0.3) is 0 Å². The maximum atomic E-state index is 5.90. The molecular weight excluding hydrogens is 320 g/mol. The molecule has 1 heterocycles. The summed E-state index contributed by atoms with van der Waals surface area (Å²) < 4.78 is 7.02. The number of halogens is 1. The van der Waals surface area contributed by atoms with E-state index in [1.54, 1.807) is 0 Å². The van der Waals surface area contributed by atoms with Crippen LogP contribution in [0.5, 0.6) is 0 Å². The summed E-state index contributed by atoms with van der Waals surface area (Å²) in [5.74, 6) is 1.67. The first-order valence-electron chi connectivity index (χ1n) is 6.37. The van der Waals surface area contributed by atoms with E-state index in [1.807, 2.05) is 23.9 Å². The van der Waals surface area contributed by atoms with Crippen LogP contribution in [-0.2, 0) is 11.3 Å². The lowest BCUT2D eigenvalue weighted by Crippen LogP contribution is -2.07. The third-order valence-corrected chi connectivity index (χ3v) is 5.36. The number of ether oxygens (including phenoxy) is 1. The number of benzene rings is 2. The van der Waals surface area contributed by atoms with Gasteiger partial charge in [-0.1, -0.05) is 52.3 Å². The van der Waals surface area contributed by atoms with Crippen LogP contribution in [-0.4, -0.2) is 12.4 Å². The van der Waals surface area contributed by atoms with Gasteiger partial charge in [-0.2, -0.15) is 0 Å². The number of hydrogen-bond acceptors (Lipinski definition) is 2. The Hall–Kier alpha value is -0.770. The summed E-state index contributed by atoms with van der Waals surface area (Å²) in [6.45, 7) is 1.47. The van der Waals surface area contributed by atoms with Crippen molar-refractivity contribution in [3.8, 4) is 0 Å². The van der Waals surface area contributed by atoms with E-state index in [2.05, 4.69) is 52.3 Å². The molecule has 0 aliphatic carbocycles. The van der Waals surface area contributed by atoms with Gasteiger partial charge in [-0.05, 0) is 23.3 Å². The molecule has 2 aromatic carbocycles. The molecule has 1 atom stereocenters. The average molecular weight is 335 g/mol. The molecule has 0 fully saturated rings. The van der Waals surface area contributed by atoms with E-state index in [-0.39, 0.29) is 0 Å². The van der Waals surface area contributed by atoms with Crippen LogP contribution in [0.2, 0.25) is 0 Å². The van der Waals surface area contributed by atoms with Gasteiger partial charge in [0.2, 0.25) is 0 Å². The van der Waals surface area contributed by atoms with Crippen molar-refractivity contribution in [3.63, 3.8) is 0 Å². The lowest BCUT2D eigenvalue weighted by atomic mass is 10.0. The molecule has 3 heteroatoms. The summed E-state index contributed by atoms with van der Waals surface area (Å²) in [7, 11) is 0. The molecule has 0 bridgehead atoms. The standard InChI is InChI=1S/C16H15BrOS/c17-15-7-3-1-5-12(15)9-18-10-13-11-19-16-8-4-2-6-14(13)16/h1-8,13H,9-11H2. The smallest absolute Gasteiger partial charge is 0.0728 e. The van der Waals surface area contributed by atoms with Gasteiger partial charge < -0.3 is 4.74 Å². The summed E-state index contributed by atoms with van der Waals surface area (Å²) in [4.78, 5) is 1.41. The minimum absolute atomic E-state index is 0.531. The molecular formula is C16H15BrOS. The minimum Gasteiger partial charge on any atom is -0.376 e. The van der Waals surface area contributed by atoms with Gasteiger partial charge in [-0.3, -0.25) is 0 Å². The third kappa shape index (κ3) is 3.04. The summed E-state index contributed by atoms with van der Waals surface area (Å²) >= 11 is 5.49. The Kier molecular flexibility index (Phi) is 4.26. The normalized spacial score (nSPS) is 17.4. The molecule has 0 amide bonds. The van der Waals surface area contributed by atoms with Gasteiger partial charge in [0, 0.05) is 21.0 Å². The topological polar surface area (TPSA) is 9.23 Å². The van der Waals surface area contributed by atoms with Gasteiger partial charge in [-0.25, -0.2) is 0 Å². The molecule has 3 rings (SSSR count). The maximum absolute atomic E-state index is 5.90. The molecule has 0 spiro atoms. The fourth-order valence-corrected chi connectivity index (χ4v) is 3.93. The van der Waals surface area contributed by atoms with Gasteiger partial charge in [0.05, 0.1) is 13.2 Å². The lowest BCUT2D eigenvalue weighted by molar-refractivity contribution is 0.111. The number of hydrogen-bond donors (Lipinski definition) is 0. The van der Waals surface area contributed by atoms with Gasteiger partial charge in [-0.15, -0.1) is 11.8 Å². The highest BCUT2D eigenvalue weighted by atomic mass is 79.9. The monoisotopic (exact) mass is 334 g/mol. The molecule has 1 aliphatic rings. The van der Waals surface area contributed by atoms with Crippen molar-refractivity contribution in [2.24, 2.45) is 0 Å².